The number of nitrogens with two attached hydrogens (primary N) is 1. The number of hydrogen-bond acceptors (Lipinski definition) is 2. The van der Waals surface area contributed by atoms with Crippen LogP contribution in [0.4, 0.5) is 0 Å². The molecule has 0 spiro atoms. The van der Waals surface area contributed by atoms with E-state index in [1.807, 2.05) is 0 Å². The molecule has 1 heterocycles. The summed E-state index contributed by atoms with van der Waals surface area (Å²) in [6, 6.07) is 0.614. The molecule has 0 aromatic carbocycles. The normalized spacial score (nSPS) is 26.3. The fourth-order valence-electron chi connectivity index (χ4n) is 2.62. The highest BCUT2D eigenvalue weighted by atomic mass is 15.1. The van der Waals surface area contributed by atoms with Crippen LogP contribution >= 0.6 is 0 Å². The van der Waals surface area contributed by atoms with Gasteiger partial charge in [-0.2, -0.15) is 0 Å². The van der Waals surface area contributed by atoms with Crippen LogP contribution in [-0.2, 0) is 0 Å². The van der Waals surface area contributed by atoms with E-state index < -0.39 is 0 Å². The zero-order valence-electron chi connectivity index (χ0n) is 11.7. The maximum absolute atomic E-state index is 5.79. The molecule has 4 heteroatoms. The predicted molar refractivity (Wildman–Crippen MR) is 76.7 cm³/mol. The van der Waals surface area contributed by atoms with Crippen molar-refractivity contribution in [1.82, 2.24) is 10.2 Å². The molecule has 0 amide bonds. The molecule has 1 saturated carbocycles. The van der Waals surface area contributed by atoms with E-state index >= 15 is 0 Å². The van der Waals surface area contributed by atoms with E-state index in [1.54, 1.807) is 0 Å². The molecule has 3 N–H and O–H groups in total. The van der Waals surface area contributed by atoms with E-state index in [4.69, 9.17) is 5.73 Å². The van der Waals surface area contributed by atoms with Crippen molar-refractivity contribution < 1.29 is 0 Å². The molecule has 1 aliphatic carbocycles. The van der Waals surface area contributed by atoms with Crippen LogP contribution in [0.15, 0.2) is 4.99 Å². The first-order valence-corrected chi connectivity index (χ1v) is 7.53. The Morgan fingerprint density at radius 1 is 1.33 bits per heavy atom. The van der Waals surface area contributed by atoms with Crippen molar-refractivity contribution in [2.24, 2.45) is 16.6 Å². The van der Waals surface area contributed by atoms with Crippen LogP contribution in [0, 0.1) is 5.92 Å². The van der Waals surface area contributed by atoms with Gasteiger partial charge in [0.1, 0.15) is 0 Å². The van der Waals surface area contributed by atoms with Crippen molar-refractivity contribution in [2.75, 3.05) is 26.2 Å². The Labute approximate surface area is 111 Å². The van der Waals surface area contributed by atoms with Gasteiger partial charge < -0.3 is 16.0 Å². The van der Waals surface area contributed by atoms with Crippen molar-refractivity contribution in [1.29, 1.82) is 0 Å². The maximum atomic E-state index is 5.79. The quantitative estimate of drug-likeness (QED) is 0.428. The summed E-state index contributed by atoms with van der Waals surface area (Å²) in [4.78, 5) is 6.97. The Hall–Kier alpha value is -0.770. The maximum Gasteiger partial charge on any atom is 0.188 e. The standard InChI is InChI=1S/C14H28N4/c1-12-5-4-10-18(11-12)9-3-2-8-16-14(15)17-13-6-7-13/h12-13H,2-11H2,1H3,(H3,15,16,17)/t12-/m1/s1. The van der Waals surface area contributed by atoms with Crippen LogP contribution < -0.4 is 11.1 Å². The Morgan fingerprint density at radius 2 is 2.17 bits per heavy atom. The van der Waals surface area contributed by atoms with Gasteiger partial charge in [-0.1, -0.05) is 6.92 Å². The summed E-state index contributed by atoms with van der Waals surface area (Å²) < 4.78 is 0. The van der Waals surface area contributed by atoms with E-state index in [9.17, 15) is 0 Å². The molecule has 1 saturated heterocycles. The molecule has 4 nitrogen and oxygen atoms in total. The second-order valence-electron chi connectivity index (χ2n) is 5.94. The van der Waals surface area contributed by atoms with Gasteiger partial charge in [-0.05, 0) is 57.5 Å². The van der Waals surface area contributed by atoms with Crippen molar-refractivity contribution in [3.05, 3.63) is 0 Å². The van der Waals surface area contributed by atoms with Crippen LogP contribution in [0.3, 0.4) is 0 Å². The topological polar surface area (TPSA) is 53.6 Å². The first kappa shape index (κ1) is 13.7. The summed E-state index contributed by atoms with van der Waals surface area (Å²) in [5, 5.41) is 3.22. The first-order valence-electron chi connectivity index (χ1n) is 7.53. The average molecular weight is 252 g/mol. The van der Waals surface area contributed by atoms with Gasteiger partial charge >= 0.3 is 0 Å². The van der Waals surface area contributed by atoms with Gasteiger partial charge in [-0.25, -0.2) is 0 Å². The van der Waals surface area contributed by atoms with Crippen LogP contribution in [0.5, 0.6) is 0 Å². The second-order valence-corrected chi connectivity index (χ2v) is 5.94. The molecule has 0 unspecified atom stereocenters. The molecule has 0 aromatic rings. The molecule has 104 valence electrons. The number of likely N-dealkylation sites (tertiary alicyclic amines) is 1. The van der Waals surface area contributed by atoms with Crippen molar-refractivity contribution >= 4 is 5.96 Å². The Bertz CT molecular complexity index is 273. The summed E-state index contributed by atoms with van der Waals surface area (Å²) in [7, 11) is 0. The van der Waals surface area contributed by atoms with Gasteiger partial charge in [0.2, 0.25) is 0 Å². The third-order valence-electron chi connectivity index (χ3n) is 3.84. The number of nitrogens with zero attached hydrogens (tertiary/aromatic N) is 2. The largest absolute Gasteiger partial charge is 0.370 e. The van der Waals surface area contributed by atoms with Crippen molar-refractivity contribution in [3.63, 3.8) is 0 Å². The smallest absolute Gasteiger partial charge is 0.188 e. The van der Waals surface area contributed by atoms with E-state index in [0.717, 1.165) is 18.9 Å². The number of nitrogens with one attached hydrogen (secondary N) is 1. The molecule has 0 bridgehead atoms. The number of unbranched alkanes of at least 4 members (excludes halogenated alkanes) is 1. The predicted octanol–water partition coefficient (Wildman–Crippen LogP) is 1.57. The lowest BCUT2D eigenvalue weighted by Gasteiger charge is -2.30. The Balaban J connectivity index is 1.49. The van der Waals surface area contributed by atoms with Crippen LogP contribution in [0.25, 0.3) is 0 Å². The molecule has 1 atom stereocenters. The minimum Gasteiger partial charge on any atom is -0.370 e. The van der Waals surface area contributed by atoms with Gasteiger partial charge in [-0.3, -0.25) is 4.99 Å². The first-order chi connectivity index (χ1) is 8.74. The minimum absolute atomic E-state index is 0.614. The fraction of sp³-hybridized carbons (Fsp3) is 0.929. The molecule has 0 radical (unpaired) electrons. The molecule has 0 aromatic heterocycles. The zero-order valence-corrected chi connectivity index (χ0v) is 11.7. The highest BCUT2D eigenvalue weighted by Gasteiger charge is 2.21. The lowest BCUT2D eigenvalue weighted by Crippen LogP contribution is -2.35. The third kappa shape index (κ3) is 5.25. The van der Waals surface area contributed by atoms with Gasteiger partial charge in [0.25, 0.3) is 0 Å². The summed E-state index contributed by atoms with van der Waals surface area (Å²) in [6.07, 6.45) is 7.68. The lowest BCUT2D eigenvalue weighted by molar-refractivity contribution is 0.181. The van der Waals surface area contributed by atoms with E-state index in [-0.39, 0.29) is 0 Å². The molecule has 2 aliphatic rings. The van der Waals surface area contributed by atoms with Gasteiger partial charge in [0.05, 0.1) is 0 Å². The molecule has 2 fully saturated rings. The summed E-state index contributed by atoms with van der Waals surface area (Å²) >= 11 is 0. The monoisotopic (exact) mass is 252 g/mol. The second kappa shape index (κ2) is 6.98. The fourth-order valence-corrected chi connectivity index (χ4v) is 2.62. The van der Waals surface area contributed by atoms with E-state index in [2.05, 4.69) is 22.1 Å². The average Bonchev–Trinajstić information content (AvgIpc) is 3.12. The van der Waals surface area contributed by atoms with Crippen LogP contribution in [0.1, 0.15) is 45.4 Å². The van der Waals surface area contributed by atoms with Gasteiger partial charge in [-0.15, -0.1) is 0 Å². The van der Waals surface area contributed by atoms with E-state index in [1.165, 1.54) is 51.7 Å². The molecular formula is C14H28N4. The SMILES string of the molecule is C[C@@H]1CCCN(CCCCN=C(N)NC2CC2)C1. The highest BCUT2D eigenvalue weighted by Crippen LogP contribution is 2.18. The Kier molecular flexibility index (Phi) is 5.29. The minimum atomic E-state index is 0.614. The van der Waals surface area contributed by atoms with Gasteiger partial charge in [0, 0.05) is 19.1 Å². The summed E-state index contributed by atoms with van der Waals surface area (Å²) in [5.74, 6) is 1.53. The number of rotatable bonds is 6. The molecule has 1 aliphatic heterocycles. The van der Waals surface area contributed by atoms with E-state index in [0.29, 0.717) is 12.0 Å². The van der Waals surface area contributed by atoms with Crippen LogP contribution in [0.2, 0.25) is 0 Å². The number of piperidine rings is 1. The zero-order chi connectivity index (χ0) is 12.8. The molecular weight excluding hydrogens is 224 g/mol. The van der Waals surface area contributed by atoms with Gasteiger partial charge in [0.15, 0.2) is 5.96 Å². The number of guanidine groups is 1. The third-order valence-corrected chi connectivity index (χ3v) is 3.84. The summed E-state index contributed by atoms with van der Waals surface area (Å²) in [6.45, 7) is 7.04. The van der Waals surface area contributed by atoms with Crippen molar-refractivity contribution in [2.45, 2.75) is 51.5 Å². The molecule has 18 heavy (non-hydrogen) atoms. The Morgan fingerprint density at radius 3 is 2.89 bits per heavy atom. The van der Waals surface area contributed by atoms with Crippen molar-refractivity contribution in [3.8, 4) is 0 Å². The summed E-state index contributed by atoms with van der Waals surface area (Å²) in [5.41, 5.74) is 5.79. The number of hydrogen-bond donors (Lipinski definition) is 2. The van der Waals surface area contributed by atoms with Crippen LogP contribution in [-0.4, -0.2) is 43.1 Å². The highest BCUT2D eigenvalue weighted by molar-refractivity contribution is 5.78. The lowest BCUT2D eigenvalue weighted by atomic mass is 10.0. The molecule has 2 rings (SSSR count). The number of aliphatic imine (C=N–C) groups is 1.